The Kier molecular flexibility index (Phi) is 6.75. The van der Waals surface area contributed by atoms with Gasteiger partial charge in [-0.3, -0.25) is 4.90 Å². The van der Waals surface area contributed by atoms with Gasteiger partial charge in [0.25, 0.3) is 0 Å². The molecule has 0 bridgehead atoms. The lowest BCUT2D eigenvalue weighted by Crippen LogP contribution is -2.47. The summed E-state index contributed by atoms with van der Waals surface area (Å²) < 4.78 is 11.1. The highest BCUT2D eigenvalue weighted by Crippen LogP contribution is 2.24. The summed E-state index contributed by atoms with van der Waals surface area (Å²) in [6, 6.07) is 0.850. The van der Waals surface area contributed by atoms with Crippen molar-refractivity contribution in [3.05, 3.63) is 0 Å². The number of carbonyl (C=O) groups is 1. The molecule has 2 saturated heterocycles. The molecule has 3 rings (SSSR count). The molecule has 24 heavy (non-hydrogen) atoms. The van der Waals surface area contributed by atoms with Crippen molar-refractivity contribution >= 4 is 6.03 Å². The first-order valence-corrected chi connectivity index (χ1v) is 9.71. The van der Waals surface area contributed by atoms with E-state index in [9.17, 15) is 4.79 Å². The molecule has 0 radical (unpaired) electrons. The maximum absolute atomic E-state index is 12.5. The molecular formula is C18H33N3O3. The van der Waals surface area contributed by atoms with Crippen LogP contribution in [0.5, 0.6) is 0 Å². The quantitative estimate of drug-likeness (QED) is 0.830. The average Bonchev–Trinajstić information content (AvgIpc) is 3.23. The highest BCUT2D eigenvalue weighted by atomic mass is 16.5. The number of carbonyl (C=O) groups excluding carboxylic acids is 1. The van der Waals surface area contributed by atoms with E-state index in [0.717, 1.165) is 51.7 Å². The first kappa shape index (κ1) is 18.0. The van der Waals surface area contributed by atoms with Gasteiger partial charge >= 0.3 is 6.03 Å². The van der Waals surface area contributed by atoms with Crippen LogP contribution in [0.25, 0.3) is 0 Å². The van der Waals surface area contributed by atoms with Crippen molar-refractivity contribution in [2.24, 2.45) is 0 Å². The van der Waals surface area contributed by atoms with Gasteiger partial charge in [0.2, 0.25) is 0 Å². The van der Waals surface area contributed by atoms with Gasteiger partial charge in [-0.15, -0.1) is 0 Å². The minimum Gasteiger partial charge on any atom is -0.379 e. The zero-order valence-corrected chi connectivity index (χ0v) is 15.0. The Balaban J connectivity index is 1.37. The van der Waals surface area contributed by atoms with Gasteiger partial charge < -0.3 is 19.7 Å². The monoisotopic (exact) mass is 339 g/mol. The summed E-state index contributed by atoms with van der Waals surface area (Å²) >= 11 is 0. The predicted octanol–water partition coefficient (Wildman–Crippen LogP) is 1.84. The summed E-state index contributed by atoms with van der Waals surface area (Å²) in [5.74, 6) is 0. The molecule has 6 nitrogen and oxygen atoms in total. The number of nitrogens with one attached hydrogen (secondary N) is 1. The Morgan fingerprint density at radius 2 is 2.00 bits per heavy atom. The first-order valence-electron chi connectivity index (χ1n) is 9.71. The number of ether oxygens (including phenoxy) is 2. The van der Waals surface area contributed by atoms with Gasteiger partial charge in [-0.25, -0.2) is 4.79 Å². The second-order valence-electron chi connectivity index (χ2n) is 7.48. The molecule has 2 aliphatic heterocycles. The van der Waals surface area contributed by atoms with Crippen LogP contribution in [0.15, 0.2) is 0 Å². The smallest absolute Gasteiger partial charge is 0.317 e. The molecule has 0 unspecified atom stereocenters. The van der Waals surface area contributed by atoms with Crippen molar-refractivity contribution in [1.82, 2.24) is 15.1 Å². The fourth-order valence-corrected chi connectivity index (χ4v) is 4.04. The predicted molar refractivity (Wildman–Crippen MR) is 93.2 cm³/mol. The molecule has 3 fully saturated rings. The Morgan fingerprint density at radius 1 is 1.17 bits per heavy atom. The Morgan fingerprint density at radius 3 is 2.75 bits per heavy atom. The Labute approximate surface area is 145 Å². The van der Waals surface area contributed by atoms with Crippen LogP contribution >= 0.6 is 0 Å². The molecule has 0 aromatic rings. The highest BCUT2D eigenvalue weighted by Gasteiger charge is 2.26. The fourth-order valence-electron chi connectivity index (χ4n) is 4.04. The third-order valence-corrected chi connectivity index (χ3v) is 5.50. The van der Waals surface area contributed by atoms with Crippen LogP contribution in [0.2, 0.25) is 0 Å². The number of urea groups is 1. The van der Waals surface area contributed by atoms with Gasteiger partial charge in [0.1, 0.15) is 0 Å². The first-order chi connectivity index (χ1) is 11.7. The van der Waals surface area contributed by atoms with E-state index in [0.29, 0.717) is 13.2 Å². The molecule has 2 heterocycles. The number of hydrogen-bond donors (Lipinski definition) is 1. The van der Waals surface area contributed by atoms with Crippen molar-refractivity contribution in [2.75, 3.05) is 46.0 Å². The summed E-state index contributed by atoms with van der Waals surface area (Å²) in [7, 11) is 0. The van der Waals surface area contributed by atoms with E-state index in [2.05, 4.69) is 10.2 Å². The molecule has 3 aliphatic rings. The van der Waals surface area contributed by atoms with Crippen molar-refractivity contribution in [3.63, 3.8) is 0 Å². The van der Waals surface area contributed by atoms with Crippen molar-refractivity contribution in [1.29, 1.82) is 0 Å². The summed E-state index contributed by atoms with van der Waals surface area (Å²) in [6.07, 6.45) is 7.65. The summed E-state index contributed by atoms with van der Waals surface area (Å²) in [5.41, 5.74) is 0. The third-order valence-electron chi connectivity index (χ3n) is 5.50. The van der Waals surface area contributed by atoms with Gasteiger partial charge in [-0.05, 0) is 32.6 Å². The number of hydrogen-bond acceptors (Lipinski definition) is 4. The molecule has 1 N–H and O–H groups in total. The molecule has 0 aromatic heterocycles. The molecule has 0 spiro atoms. The topological polar surface area (TPSA) is 54.0 Å². The molecule has 0 aromatic carbocycles. The van der Waals surface area contributed by atoms with Crippen molar-refractivity contribution in [3.8, 4) is 0 Å². The molecule has 1 saturated carbocycles. The lowest BCUT2D eigenvalue weighted by molar-refractivity contribution is 0.0330. The van der Waals surface area contributed by atoms with E-state index in [-0.39, 0.29) is 18.2 Å². The van der Waals surface area contributed by atoms with Crippen LogP contribution in [0.4, 0.5) is 4.79 Å². The standard InChI is InChI=1S/C18H33N3O3/c1-15(13-24-17-7-12-23-14-17)19-18(22)21-9-4-8-20(10-11-21)16-5-2-3-6-16/h15-17H,2-14H2,1H3,(H,19,22)/t15-,17+/m0/s1. The zero-order valence-electron chi connectivity index (χ0n) is 15.0. The number of amides is 2. The second kappa shape index (κ2) is 9.02. The van der Waals surface area contributed by atoms with Crippen LogP contribution in [0.3, 0.4) is 0 Å². The van der Waals surface area contributed by atoms with E-state index in [4.69, 9.17) is 9.47 Å². The van der Waals surface area contributed by atoms with Crippen molar-refractivity contribution in [2.45, 2.75) is 63.6 Å². The second-order valence-corrected chi connectivity index (χ2v) is 7.48. The highest BCUT2D eigenvalue weighted by molar-refractivity contribution is 5.74. The Hall–Kier alpha value is -0.850. The van der Waals surface area contributed by atoms with Crippen LogP contribution < -0.4 is 5.32 Å². The molecule has 138 valence electrons. The van der Waals surface area contributed by atoms with Crippen LogP contribution in [-0.4, -0.2) is 80.0 Å². The van der Waals surface area contributed by atoms with E-state index in [1.807, 2.05) is 11.8 Å². The zero-order chi connectivity index (χ0) is 16.8. The lowest BCUT2D eigenvalue weighted by atomic mass is 10.2. The number of rotatable bonds is 5. The molecular weight excluding hydrogens is 306 g/mol. The van der Waals surface area contributed by atoms with Crippen LogP contribution in [0.1, 0.15) is 45.4 Å². The molecule has 6 heteroatoms. The minimum absolute atomic E-state index is 0.0345. The van der Waals surface area contributed by atoms with Gasteiger partial charge in [0.15, 0.2) is 0 Å². The normalized spacial score (nSPS) is 28.0. The van der Waals surface area contributed by atoms with E-state index >= 15 is 0 Å². The molecule has 2 amide bonds. The van der Waals surface area contributed by atoms with E-state index in [1.54, 1.807) is 0 Å². The fraction of sp³-hybridized carbons (Fsp3) is 0.944. The van der Waals surface area contributed by atoms with E-state index in [1.165, 1.54) is 25.7 Å². The van der Waals surface area contributed by atoms with E-state index < -0.39 is 0 Å². The van der Waals surface area contributed by atoms with Gasteiger partial charge in [0, 0.05) is 38.8 Å². The third kappa shape index (κ3) is 5.07. The number of nitrogens with zero attached hydrogens (tertiary/aromatic N) is 2. The average molecular weight is 339 g/mol. The van der Waals surface area contributed by atoms with Crippen molar-refractivity contribution < 1.29 is 14.3 Å². The lowest BCUT2D eigenvalue weighted by Gasteiger charge is -2.27. The SMILES string of the molecule is C[C@@H](CO[C@@H]1CCOC1)NC(=O)N1CCCN(C2CCCC2)CC1. The molecule has 2 atom stereocenters. The summed E-state index contributed by atoms with van der Waals surface area (Å²) in [4.78, 5) is 17.1. The van der Waals surface area contributed by atoms with Crippen LogP contribution in [0, 0.1) is 0 Å². The summed E-state index contributed by atoms with van der Waals surface area (Å²) in [5, 5.41) is 3.09. The van der Waals surface area contributed by atoms with Gasteiger partial charge in [0.05, 0.1) is 25.4 Å². The van der Waals surface area contributed by atoms with Gasteiger partial charge in [-0.2, -0.15) is 0 Å². The largest absolute Gasteiger partial charge is 0.379 e. The van der Waals surface area contributed by atoms with Crippen LogP contribution in [-0.2, 0) is 9.47 Å². The maximum Gasteiger partial charge on any atom is 0.317 e. The van der Waals surface area contributed by atoms with Gasteiger partial charge in [-0.1, -0.05) is 12.8 Å². The molecule has 1 aliphatic carbocycles. The Bertz CT molecular complexity index is 395. The minimum atomic E-state index is 0.0345. The summed E-state index contributed by atoms with van der Waals surface area (Å²) in [6.45, 7) is 7.89. The maximum atomic E-state index is 12.5.